The van der Waals surface area contributed by atoms with Gasteiger partial charge in [-0.15, -0.1) is 0 Å². The van der Waals surface area contributed by atoms with Gasteiger partial charge in [0.15, 0.2) is 5.82 Å². The Balaban J connectivity index is 1.77. The number of halogens is 2. The first-order valence-corrected chi connectivity index (χ1v) is 9.20. The van der Waals surface area contributed by atoms with Crippen LogP contribution >= 0.6 is 11.6 Å². The van der Waals surface area contributed by atoms with Crippen LogP contribution in [0.2, 0.25) is 5.02 Å². The van der Waals surface area contributed by atoms with Crippen LogP contribution < -0.4 is 10.2 Å². The molecule has 146 valence electrons. The van der Waals surface area contributed by atoms with Crippen LogP contribution in [0.4, 0.5) is 27.5 Å². The van der Waals surface area contributed by atoms with E-state index in [-0.39, 0.29) is 10.8 Å². The van der Waals surface area contributed by atoms with Crippen molar-refractivity contribution in [3.05, 3.63) is 65.8 Å². The van der Waals surface area contributed by atoms with E-state index in [1.165, 1.54) is 18.5 Å². The monoisotopic (exact) mass is 410 g/mol. The van der Waals surface area contributed by atoms with Gasteiger partial charge >= 0.3 is 0 Å². The lowest BCUT2D eigenvalue weighted by Crippen LogP contribution is -2.19. The Morgan fingerprint density at radius 2 is 1.97 bits per heavy atom. The molecule has 9 heteroatoms. The van der Waals surface area contributed by atoms with E-state index in [2.05, 4.69) is 25.3 Å². The van der Waals surface area contributed by atoms with Crippen LogP contribution in [0, 0.1) is 5.82 Å². The molecule has 0 amide bonds. The number of para-hydroxylation sites is 2. The van der Waals surface area contributed by atoms with Crippen LogP contribution in [0.25, 0.3) is 11.0 Å². The molecule has 0 fully saturated rings. The third kappa shape index (κ3) is 3.74. The molecule has 2 heterocycles. The summed E-state index contributed by atoms with van der Waals surface area (Å²) in [5.41, 5.74) is 2.16. The zero-order chi connectivity index (χ0) is 20.4. The summed E-state index contributed by atoms with van der Waals surface area (Å²) in [5, 5.41) is 13.3. The summed E-state index contributed by atoms with van der Waals surface area (Å²) in [4.78, 5) is 19.2. The molecule has 0 saturated heterocycles. The zero-order valence-electron chi connectivity index (χ0n) is 15.3. The number of hydrogen-bond donors (Lipinski definition) is 2. The second-order valence-electron chi connectivity index (χ2n) is 6.11. The molecule has 2 N–H and O–H groups in total. The summed E-state index contributed by atoms with van der Waals surface area (Å²) in [7, 11) is 0. The summed E-state index contributed by atoms with van der Waals surface area (Å²) in [6.45, 7) is 2.47. The fourth-order valence-electron chi connectivity index (χ4n) is 2.89. The Hall–Kier alpha value is -3.52. The summed E-state index contributed by atoms with van der Waals surface area (Å²) in [6.07, 6.45) is 2.98. The quantitative estimate of drug-likeness (QED) is 0.487. The molecule has 0 atom stereocenters. The number of phenolic OH excluding ortho intramolecular Hbond substituents is 1. The fraction of sp³-hybridized carbons (Fsp3) is 0.100. The molecule has 7 nitrogen and oxygen atoms in total. The number of hydrogen-bond acceptors (Lipinski definition) is 7. The first-order valence-electron chi connectivity index (χ1n) is 8.82. The highest BCUT2D eigenvalue weighted by atomic mass is 35.5. The van der Waals surface area contributed by atoms with Gasteiger partial charge in [0.05, 0.1) is 16.9 Å². The number of aromatic hydroxyl groups is 1. The molecule has 0 bridgehead atoms. The van der Waals surface area contributed by atoms with Gasteiger partial charge in [-0.1, -0.05) is 23.7 Å². The number of benzene rings is 2. The molecule has 0 radical (unpaired) electrons. The number of anilines is 4. The van der Waals surface area contributed by atoms with Gasteiger partial charge in [-0.3, -0.25) is 0 Å². The molecule has 2 aromatic carbocycles. The van der Waals surface area contributed by atoms with E-state index in [0.29, 0.717) is 40.7 Å². The highest BCUT2D eigenvalue weighted by Crippen LogP contribution is 2.32. The second kappa shape index (κ2) is 7.84. The maximum atomic E-state index is 13.4. The van der Waals surface area contributed by atoms with Crippen molar-refractivity contribution in [1.29, 1.82) is 0 Å². The van der Waals surface area contributed by atoms with Gasteiger partial charge in [-0.05, 0) is 37.3 Å². The summed E-state index contributed by atoms with van der Waals surface area (Å²) in [5.74, 6) is 0.434. The van der Waals surface area contributed by atoms with E-state index in [1.54, 1.807) is 35.4 Å². The van der Waals surface area contributed by atoms with Crippen LogP contribution in [0.3, 0.4) is 0 Å². The lowest BCUT2D eigenvalue weighted by atomic mass is 10.2. The molecule has 0 aliphatic heterocycles. The predicted octanol–water partition coefficient (Wildman–Crippen LogP) is 4.82. The van der Waals surface area contributed by atoms with E-state index >= 15 is 0 Å². The average Bonchev–Trinajstić information content (AvgIpc) is 2.73. The molecule has 0 unspecified atom stereocenters. The Labute approximate surface area is 170 Å². The van der Waals surface area contributed by atoms with Crippen LogP contribution in [-0.2, 0) is 0 Å². The first-order chi connectivity index (χ1) is 14.1. The molecule has 0 aliphatic carbocycles. The summed E-state index contributed by atoms with van der Waals surface area (Å²) < 4.78 is 13.4. The second-order valence-corrected chi connectivity index (χ2v) is 6.52. The molecule has 0 aliphatic rings. The Morgan fingerprint density at radius 3 is 2.72 bits per heavy atom. The lowest BCUT2D eigenvalue weighted by Gasteiger charge is -2.22. The van der Waals surface area contributed by atoms with Crippen molar-refractivity contribution >= 4 is 45.8 Å². The van der Waals surface area contributed by atoms with Crippen LogP contribution in [0.15, 0.2) is 55.0 Å². The van der Waals surface area contributed by atoms with Gasteiger partial charge in [0, 0.05) is 12.2 Å². The molecule has 2 aromatic heterocycles. The van der Waals surface area contributed by atoms with Crippen molar-refractivity contribution in [3.63, 3.8) is 0 Å². The average molecular weight is 411 g/mol. The number of phenols is 1. The largest absolute Gasteiger partial charge is 0.506 e. The normalized spacial score (nSPS) is 10.9. The molecule has 4 rings (SSSR count). The minimum absolute atomic E-state index is 0.000359. The third-order valence-electron chi connectivity index (χ3n) is 4.28. The van der Waals surface area contributed by atoms with Gasteiger partial charge in [-0.2, -0.15) is 0 Å². The fourth-order valence-corrected chi connectivity index (χ4v) is 3.07. The van der Waals surface area contributed by atoms with Crippen molar-refractivity contribution in [2.24, 2.45) is 0 Å². The maximum absolute atomic E-state index is 13.4. The predicted molar refractivity (Wildman–Crippen MR) is 111 cm³/mol. The standard InChI is InChI=1S/C20H16ClFN6O/c1-2-28(16-5-3-4-6-17(16)29)20-23-10-15-18(27-20)19(25-11-24-15)26-12-7-8-14(22)13(21)9-12/h3-11,29H,2H2,1H3,(H,24,25,26). The minimum Gasteiger partial charge on any atom is -0.506 e. The van der Waals surface area contributed by atoms with E-state index in [0.717, 1.165) is 0 Å². The van der Waals surface area contributed by atoms with Gasteiger partial charge < -0.3 is 15.3 Å². The Bertz CT molecular complexity index is 1190. The van der Waals surface area contributed by atoms with Gasteiger partial charge in [0.2, 0.25) is 5.95 Å². The number of nitrogens with zero attached hydrogens (tertiary/aromatic N) is 5. The van der Waals surface area contributed by atoms with E-state index in [9.17, 15) is 9.50 Å². The molecule has 29 heavy (non-hydrogen) atoms. The van der Waals surface area contributed by atoms with Crippen LogP contribution in [0.5, 0.6) is 5.75 Å². The smallest absolute Gasteiger partial charge is 0.230 e. The molecule has 0 saturated carbocycles. The third-order valence-corrected chi connectivity index (χ3v) is 4.57. The van der Waals surface area contributed by atoms with Crippen LogP contribution in [-0.4, -0.2) is 31.6 Å². The van der Waals surface area contributed by atoms with Crippen molar-refractivity contribution < 1.29 is 9.50 Å². The van der Waals surface area contributed by atoms with Gasteiger partial charge in [0.25, 0.3) is 0 Å². The highest BCUT2D eigenvalue weighted by molar-refractivity contribution is 6.31. The topological polar surface area (TPSA) is 87.1 Å². The van der Waals surface area contributed by atoms with E-state index < -0.39 is 5.82 Å². The zero-order valence-corrected chi connectivity index (χ0v) is 16.1. The molecular weight excluding hydrogens is 395 g/mol. The summed E-state index contributed by atoms with van der Waals surface area (Å²) in [6, 6.07) is 11.3. The van der Waals surface area contributed by atoms with Crippen molar-refractivity contribution in [2.45, 2.75) is 6.92 Å². The van der Waals surface area contributed by atoms with Gasteiger partial charge in [-0.25, -0.2) is 24.3 Å². The van der Waals surface area contributed by atoms with Crippen molar-refractivity contribution in [2.75, 3.05) is 16.8 Å². The van der Waals surface area contributed by atoms with Crippen molar-refractivity contribution in [1.82, 2.24) is 19.9 Å². The Kier molecular flexibility index (Phi) is 5.09. The van der Waals surface area contributed by atoms with Crippen molar-refractivity contribution in [3.8, 4) is 5.75 Å². The van der Waals surface area contributed by atoms with E-state index in [4.69, 9.17) is 11.6 Å². The molecule has 0 spiro atoms. The summed E-state index contributed by atoms with van der Waals surface area (Å²) >= 11 is 5.86. The molecular formula is C20H16ClFN6O. The first kappa shape index (κ1) is 18.8. The Morgan fingerprint density at radius 1 is 1.14 bits per heavy atom. The van der Waals surface area contributed by atoms with Gasteiger partial charge in [0.1, 0.15) is 28.9 Å². The number of nitrogens with one attached hydrogen (secondary N) is 1. The number of aromatic nitrogens is 4. The minimum atomic E-state index is -0.504. The van der Waals surface area contributed by atoms with Crippen LogP contribution in [0.1, 0.15) is 6.92 Å². The number of rotatable bonds is 5. The highest BCUT2D eigenvalue weighted by Gasteiger charge is 2.16. The lowest BCUT2D eigenvalue weighted by molar-refractivity contribution is 0.475. The van der Waals surface area contributed by atoms with E-state index in [1.807, 2.05) is 13.0 Å². The number of fused-ring (bicyclic) bond motifs is 1. The molecule has 4 aromatic rings. The SMILES string of the molecule is CCN(c1ncc2ncnc(Nc3ccc(F)c(Cl)c3)c2n1)c1ccccc1O. The maximum Gasteiger partial charge on any atom is 0.230 e.